The number of benzene rings is 3. The van der Waals surface area contributed by atoms with Gasteiger partial charge in [0.15, 0.2) is 11.3 Å². The van der Waals surface area contributed by atoms with Crippen molar-refractivity contribution < 1.29 is 19.1 Å². The lowest BCUT2D eigenvalue weighted by molar-refractivity contribution is -0.140. The van der Waals surface area contributed by atoms with E-state index < -0.39 is 17.4 Å². The van der Waals surface area contributed by atoms with Crippen molar-refractivity contribution in [2.75, 3.05) is 7.11 Å². The van der Waals surface area contributed by atoms with Gasteiger partial charge in [-0.15, -0.1) is 0 Å². The van der Waals surface area contributed by atoms with Gasteiger partial charge >= 0.3 is 5.97 Å². The lowest BCUT2D eigenvalue weighted by Crippen LogP contribution is -2.58. The Labute approximate surface area is 193 Å². The van der Waals surface area contributed by atoms with Crippen LogP contribution >= 0.6 is 0 Å². The van der Waals surface area contributed by atoms with Gasteiger partial charge in [0, 0.05) is 6.54 Å². The van der Waals surface area contributed by atoms with E-state index in [0.717, 1.165) is 22.3 Å². The molecular weight excluding hydrogens is 416 g/mol. The first kappa shape index (κ1) is 23.9. The van der Waals surface area contributed by atoms with E-state index in [-0.39, 0.29) is 24.7 Å². The first-order valence-corrected chi connectivity index (χ1v) is 10.7. The van der Waals surface area contributed by atoms with Gasteiger partial charge in [-0.25, -0.2) is 0 Å². The number of nitrogens with two attached hydrogens (primary N) is 1. The summed E-state index contributed by atoms with van der Waals surface area (Å²) in [4.78, 5) is 37.9. The fourth-order valence-corrected chi connectivity index (χ4v) is 3.58. The Morgan fingerprint density at radius 2 is 1.33 bits per heavy atom. The molecule has 0 heterocycles. The molecule has 0 aliphatic heterocycles. The number of hydrogen-bond acceptors (Lipinski definition) is 5. The van der Waals surface area contributed by atoms with Crippen molar-refractivity contribution in [3.05, 3.63) is 107 Å². The Morgan fingerprint density at radius 3 is 1.82 bits per heavy atom. The van der Waals surface area contributed by atoms with Crippen LogP contribution in [-0.2, 0) is 32.1 Å². The summed E-state index contributed by atoms with van der Waals surface area (Å²) in [7, 11) is 1.34. The quantitative estimate of drug-likeness (QED) is 0.390. The zero-order valence-electron chi connectivity index (χ0n) is 18.8. The summed E-state index contributed by atoms with van der Waals surface area (Å²) in [6.07, 6.45) is 0.179. The maximum absolute atomic E-state index is 13.6. The molecule has 6 nitrogen and oxygen atoms in total. The van der Waals surface area contributed by atoms with Crippen LogP contribution in [0, 0.1) is 0 Å². The van der Waals surface area contributed by atoms with Gasteiger partial charge in [-0.3, -0.25) is 14.4 Å². The number of nitrogens with one attached hydrogen (secondary N) is 1. The summed E-state index contributed by atoms with van der Waals surface area (Å²) in [5.41, 5.74) is 7.78. The van der Waals surface area contributed by atoms with Crippen molar-refractivity contribution in [3.63, 3.8) is 0 Å². The van der Waals surface area contributed by atoms with E-state index >= 15 is 0 Å². The molecule has 0 fully saturated rings. The molecule has 0 aromatic heterocycles. The summed E-state index contributed by atoms with van der Waals surface area (Å²) in [5, 5.41) is 2.77. The van der Waals surface area contributed by atoms with Gasteiger partial charge in [0.25, 0.3) is 0 Å². The van der Waals surface area contributed by atoms with Crippen LogP contribution in [0.5, 0.6) is 0 Å². The number of esters is 1. The SMILES string of the molecule is COC(=O)Cc1ccc(CNC(=O)[C@](C)(N)C(=O)C(c2ccccc2)c2ccccc2)cc1. The fraction of sp³-hybridized carbons (Fsp3) is 0.222. The number of methoxy groups -OCH3 is 1. The van der Waals surface area contributed by atoms with Gasteiger partial charge < -0.3 is 15.8 Å². The van der Waals surface area contributed by atoms with Gasteiger partial charge in [0.2, 0.25) is 5.91 Å². The van der Waals surface area contributed by atoms with E-state index in [9.17, 15) is 14.4 Å². The number of rotatable bonds is 9. The van der Waals surface area contributed by atoms with Crippen molar-refractivity contribution in [1.29, 1.82) is 0 Å². The summed E-state index contributed by atoms with van der Waals surface area (Å²) in [6, 6.07) is 25.8. The van der Waals surface area contributed by atoms with E-state index in [1.807, 2.05) is 72.8 Å². The zero-order chi connectivity index (χ0) is 23.8. The van der Waals surface area contributed by atoms with Gasteiger partial charge in [-0.2, -0.15) is 0 Å². The molecule has 0 saturated carbocycles. The van der Waals surface area contributed by atoms with Crippen molar-refractivity contribution >= 4 is 17.7 Å². The molecule has 1 atom stereocenters. The van der Waals surface area contributed by atoms with E-state index in [4.69, 9.17) is 5.73 Å². The molecular formula is C27H28N2O4. The third-order valence-electron chi connectivity index (χ3n) is 5.56. The highest BCUT2D eigenvalue weighted by Crippen LogP contribution is 2.29. The normalized spacial score (nSPS) is 12.6. The van der Waals surface area contributed by atoms with Gasteiger partial charge in [0.1, 0.15) is 0 Å². The van der Waals surface area contributed by atoms with Crippen LogP contribution < -0.4 is 11.1 Å². The highest BCUT2D eigenvalue weighted by Gasteiger charge is 2.41. The highest BCUT2D eigenvalue weighted by atomic mass is 16.5. The molecule has 170 valence electrons. The summed E-state index contributed by atoms with van der Waals surface area (Å²) in [5.74, 6) is -1.92. The molecule has 0 spiro atoms. The number of amides is 1. The number of carbonyl (C=O) groups excluding carboxylic acids is 3. The Morgan fingerprint density at radius 1 is 0.848 bits per heavy atom. The van der Waals surface area contributed by atoms with Crippen LogP contribution in [0.15, 0.2) is 84.9 Å². The number of carbonyl (C=O) groups is 3. The molecule has 6 heteroatoms. The fourth-order valence-electron chi connectivity index (χ4n) is 3.58. The molecule has 3 rings (SSSR count). The molecule has 3 N–H and O–H groups in total. The van der Waals surface area contributed by atoms with Crippen LogP contribution in [0.2, 0.25) is 0 Å². The lowest BCUT2D eigenvalue weighted by Gasteiger charge is -2.28. The minimum absolute atomic E-state index is 0.179. The van der Waals surface area contributed by atoms with Crippen LogP contribution in [-0.4, -0.2) is 30.3 Å². The summed E-state index contributed by atoms with van der Waals surface area (Å²) in [6.45, 7) is 1.65. The van der Waals surface area contributed by atoms with Crippen LogP contribution in [0.4, 0.5) is 0 Å². The maximum atomic E-state index is 13.6. The second-order valence-corrected chi connectivity index (χ2v) is 8.07. The molecule has 0 unspecified atom stereocenters. The predicted molar refractivity (Wildman–Crippen MR) is 126 cm³/mol. The van der Waals surface area contributed by atoms with Crippen LogP contribution in [0.25, 0.3) is 0 Å². The van der Waals surface area contributed by atoms with Crippen molar-refractivity contribution in [3.8, 4) is 0 Å². The molecule has 0 aliphatic rings. The Kier molecular flexibility index (Phi) is 7.74. The third kappa shape index (κ3) is 5.93. The van der Waals surface area contributed by atoms with Crippen molar-refractivity contribution in [2.45, 2.75) is 31.3 Å². The molecule has 0 bridgehead atoms. The maximum Gasteiger partial charge on any atom is 0.309 e. The molecule has 0 aliphatic carbocycles. The average Bonchev–Trinajstić information content (AvgIpc) is 2.84. The summed E-state index contributed by atoms with van der Waals surface area (Å²) < 4.78 is 4.66. The lowest BCUT2D eigenvalue weighted by atomic mass is 9.79. The smallest absolute Gasteiger partial charge is 0.309 e. The number of Topliss-reactive ketones (excluding diaryl/α,β-unsaturated/α-hetero) is 1. The minimum Gasteiger partial charge on any atom is -0.469 e. The molecule has 1 amide bonds. The van der Waals surface area contributed by atoms with E-state index in [1.165, 1.54) is 14.0 Å². The Hall–Kier alpha value is -3.77. The molecule has 0 saturated heterocycles. The number of ketones is 1. The van der Waals surface area contributed by atoms with Crippen LogP contribution in [0.1, 0.15) is 35.1 Å². The van der Waals surface area contributed by atoms with E-state index in [2.05, 4.69) is 10.1 Å². The highest BCUT2D eigenvalue weighted by molar-refractivity contribution is 6.13. The second kappa shape index (κ2) is 10.7. The molecule has 3 aromatic carbocycles. The zero-order valence-corrected chi connectivity index (χ0v) is 18.8. The van der Waals surface area contributed by atoms with E-state index in [0.29, 0.717) is 0 Å². The van der Waals surface area contributed by atoms with Crippen molar-refractivity contribution in [2.24, 2.45) is 5.73 Å². The monoisotopic (exact) mass is 444 g/mol. The van der Waals surface area contributed by atoms with Crippen molar-refractivity contribution in [1.82, 2.24) is 5.32 Å². The summed E-state index contributed by atoms with van der Waals surface area (Å²) >= 11 is 0. The molecule has 33 heavy (non-hydrogen) atoms. The minimum atomic E-state index is -1.73. The van der Waals surface area contributed by atoms with Gasteiger partial charge in [-0.1, -0.05) is 84.9 Å². The number of hydrogen-bond donors (Lipinski definition) is 2. The predicted octanol–water partition coefficient (Wildman–Crippen LogP) is 3.14. The standard InChI is InChI=1S/C27H28N2O4/c1-27(28,26(32)29-18-20-15-13-19(14-16-20)17-23(30)33-2)25(31)24(21-9-5-3-6-10-21)22-11-7-4-8-12-22/h3-16,24H,17-18,28H2,1-2H3,(H,29,32)/t27-/m1/s1. The Bertz CT molecular complexity index is 1050. The molecule has 3 aromatic rings. The van der Waals surface area contributed by atoms with Crippen LogP contribution in [0.3, 0.4) is 0 Å². The first-order chi connectivity index (χ1) is 15.8. The van der Waals surface area contributed by atoms with Gasteiger partial charge in [-0.05, 0) is 29.2 Å². The third-order valence-corrected chi connectivity index (χ3v) is 5.56. The average molecular weight is 445 g/mol. The van der Waals surface area contributed by atoms with Gasteiger partial charge in [0.05, 0.1) is 19.4 Å². The second-order valence-electron chi connectivity index (χ2n) is 8.07. The largest absolute Gasteiger partial charge is 0.469 e. The Balaban J connectivity index is 1.73. The molecule has 0 radical (unpaired) electrons. The van der Waals surface area contributed by atoms with E-state index in [1.54, 1.807) is 12.1 Å². The number of ether oxygens (including phenoxy) is 1. The topological polar surface area (TPSA) is 98.5 Å². The first-order valence-electron chi connectivity index (χ1n) is 10.7.